The highest BCUT2D eigenvalue weighted by Crippen LogP contribution is 2.33. The van der Waals surface area contributed by atoms with Crippen molar-refractivity contribution in [3.05, 3.63) is 57.6 Å². The topological polar surface area (TPSA) is 86.0 Å². The van der Waals surface area contributed by atoms with E-state index in [9.17, 15) is 0 Å². The largest absolute Gasteiger partial charge is 0.489 e. The third-order valence-electron chi connectivity index (χ3n) is 6.56. The molecular weight excluding hydrogens is 461 g/mol. The van der Waals surface area contributed by atoms with Crippen LogP contribution in [-0.4, -0.2) is 61.1 Å². The van der Waals surface area contributed by atoms with Crippen molar-refractivity contribution in [1.29, 1.82) is 0 Å². The SMILES string of the molecule is CN1CCC(N2Cc3nc(-c4n[nH]c5ccc(OCc6c(Cl)cncc6Cl)cc45)[nH]c3C2)C1. The van der Waals surface area contributed by atoms with Gasteiger partial charge in [0, 0.05) is 49.0 Å². The molecule has 0 amide bonds. The van der Waals surface area contributed by atoms with Gasteiger partial charge in [0.05, 0.1) is 26.9 Å². The summed E-state index contributed by atoms with van der Waals surface area (Å²) in [6.07, 6.45) is 4.34. The van der Waals surface area contributed by atoms with Crippen LogP contribution in [0.2, 0.25) is 10.0 Å². The molecule has 1 unspecified atom stereocenters. The summed E-state index contributed by atoms with van der Waals surface area (Å²) in [4.78, 5) is 17.3. The van der Waals surface area contributed by atoms with Crippen molar-refractivity contribution in [1.82, 2.24) is 34.9 Å². The maximum Gasteiger partial charge on any atom is 0.159 e. The molecule has 1 saturated heterocycles. The number of likely N-dealkylation sites (N-methyl/N-ethyl adjacent to an activating group) is 1. The minimum Gasteiger partial charge on any atom is -0.489 e. The first kappa shape index (κ1) is 20.9. The average molecular weight is 484 g/mol. The summed E-state index contributed by atoms with van der Waals surface area (Å²) in [6, 6.07) is 6.41. The predicted octanol–water partition coefficient (Wildman–Crippen LogP) is 4.25. The highest BCUT2D eigenvalue weighted by Gasteiger charge is 2.32. The second-order valence-corrected chi connectivity index (χ2v) is 9.58. The molecule has 170 valence electrons. The average Bonchev–Trinajstić information content (AvgIpc) is 3.55. The molecule has 0 spiro atoms. The lowest BCUT2D eigenvalue weighted by Gasteiger charge is -2.22. The van der Waals surface area contributed by atoms with E-state index in [1.165, 1.54) is 12.1 Å². The molecule has 8 nitrogen and oxygen atoms in total. The van der Waals surface area contributed by atoms with Crippen LogP contribution >= 0.6 is 23.2 Å². The quantitative estimate of drug-likeness (QED) is 0.441. The summed E-state index contributed by atoms with van der Waals surface area (Å²) in [7, 11) is 2.19. The number of benzene rings is 1. The molecule has 0 radical (unpaired) electrons. The summed E-state index contributed by atoms with van der Waals surface area (Å²) in [5, 5.41) is 9.53. The third-order valence-corrected chi connectivity index (χ3v) is 7.21. The minimum absolute atomic E-state index is 0.250. The number of ether oxygens (including phenoxy) is 1. The fourth-order valence-corrected chi connectivity index (χ4v) is 5.21. The number of nitrogens with zero attached hydrogens (tertiary/aromatic N) is 5. The maximum atomic E-state index is 6.21. The van der Waals surface area contributed by atoms with E-state index in [0.717, 1.165) is 54.3 Å². The smallest absolute Gasteiger partial charge is 0.159 e. The molecule has 1 aromatic carbocycles. The molecular formula is C23H23Cl2N7O. The Balaban J connectivity index is 1.22. The van der Waals surface area contributed by atoms with Crippen molar-refractivity contribution < 1.29 is 4.74 Å². The highest BCUT2D eigenvalue weighted by molar-refractivity contribution is 6.35. The number of likely N-dealkylation sites (tertiary alicyclic amines) is 1. The Labute approximate surface area is 200 Å². The lowest BCUT2D eigenvalue weighted by molar-refractivity contribution is 0.198. The number of nitrogens with one attached hydrogen (secondary N) is 2. The number of halogens is 2. The maximum absolute atomic E-state index is 6.21. The number of hydrogen-bond acceptors (Lipinski definition) is 6. The first-order chi connectivity index (χ1) is 16.0. The van der Waals surface area contributed by atoms with Crippen molar-refractivity contribution in [2.75, 3.05) is 20.1 Å². The van der Waals surface area contributed by atoms with E-state index in [2.05, 4.69) is 37.0 Å². The number of H-pyrrole nitrogens is 2. The highest BCUT2D eigenvalue weighted by atomic mass is 35.5. The number of aromatic nitrogens is 5. The second kappa shape index (κ2) is 8.29. The molecule has 1 atom stereocenters. The molecule has 6 rings (SSSR count). The number of pyridine rings is 1. The van der Waals surface area contributed by atoms with Gasteiger partial charge in [-0.15, -0.1) is 0 Å². The van der Waals surface area contributed by atoms with Gasteiger partial charge in [-0.05, 0) is 38.2 Å². The van der Waals surface area contributed by atoms with Gasteiger partial charge in [-0.3, -0.25) is 15.0 Å². The zero-order valence-electron chi connectivity index (χ0n) is 18.1. The van der Waals surface area contributed by atoms with Gasteiger partial charge in [-0.1, -0.05) is 23.2 Å². The van der Waals surface area contributed by atoms with E-state index < -0.39 is 0 Å². The van der Waals surface area contributed by atoms with Gasteiger partial charge in [0.25, 0.3) is 0 Å². The lowest BCUT2D eigenvalue weighted by atomic mass is 10.2. The van der Waals surface area contributed by atoms with E-state index in [4.69, 9.17) is 32.9 Å². The molecule has 4 aromatic rings. The summed E-state index contributed by atoms with van der Waals surface area (Å²) < 4.78 is 5.98. The normalized spacial score (nSPS) is 18.9. The van der Waals surface area contributed by atoms with E-state index >= 15 is 0 Å². The first-order valence-corrected chi connectivity index (χ1v) is 11.7. The van der Waals surface area contributed by atoms with E-state index in [1.807, 2.05) is 18.2 Å². The first-order valence-electron chi connectivity index (χ1n) is 10.9. The zero-order valence-corrected chi connectivity index (χ0v) is 19.6. The molecule has 1 fully saturated rings. The van der Waals surface area contributed by atoms with Gasteiger partial charge in [0.15, 0.2) is 5.82 Å². The molecule has 2 aliphatic rings. The van der Waals surface area contributed by atoms with Gasteiger partial charge in [-0.2, -0.15) is 5.10 Å². The Morgan fingerprint density at radius 1 is 1.18 bits per heavy atom. The molecule has 33 heavy (non-hydrogen) atoms. The fraction of sp³-hybridized carbons (Fsp3) is 0.348. The van der Waals surface area contributed by atoms with Crippen molar-refractivity contribution in [3.8, 4) is 17.3 Å². The van der Waals surface area contributed by atoms with Gasteiger partial charge in [-0.25, -0.2) is 4.98 Å². The third kappa shape index (κ3) is 3.87. The zero-order chi connectivity index (χ0) is 22.5. The molecule has 0 bridgehead atoms. The second-order valence-electron chi connectivity index (χ2n) is 8.77. The van der Waals surface area contributed by atoms with Crippen molar-refractivity contribution in [2.45, 2.75) is 32.2 Å². The number of imidazole rings is 1. The van der Waals surface area contributed by atoms with Gasteiger partial charge in [0.1, 0.15) is 18.1 Å². The number of fused-ring (bicyclic) bond motifs is 2. The van der Waals surface area contributed by atoms with E-state index in [0.29, 0.717) is 27.4 Å². The van der Waals surface area contributed by atoms with Crippen LogP contribution in [0.25, 0.3) is 22.4 Å². The van der Waals surface area contributed by atoms with Crippen LogP contribution in [0.5, 0.6) is 5.75 Å². The van der Waals surface area contributed by atoms with Crippen LogP contribution in [0.15, 0.2) is 30.6 Å². The van der Waals surface area contributed by atoms with Crippen molar-refractivity contribution in [2.24, 2.45) is 0 Å². The van der Waals surface area contributed by atoms with E-state index in [-0.39, 0.29) is 6.61 Å². The molecule has 10 heteroatoms. The predicted molar refractivity (Wildman–Crippen MR) is 127 cm³/mol. The van der Waals surface area contributed by atoms with Crippen LogP contribution in [0.4, 0.5) is 0 Å². The summed E-state index contributed by atoms with van der Waals surface area (Å²) in [6.45, 7) is 4.33. The molecule has 0 saturated carbocycles. The monoisotopic (exact) mass is 483 g/mol. The molecule has 2 N–H and O–H groups in total. The van der Waals surface area contributed by atoms with Gasteiger partial charge < -0.3 is 14.6 Å². The molecule has 2 aliphatic heterocycles. The van der Waals surface area contributed by atoms with Crippen LogP contribution in [0, 0.1) is 0 Å². The number of rotatable bonds is 5. The van der Waals surface area contributed by atoms with Crippen LogP contribution in [0.1, 0.15) is 23.4 Å². The summed E-state index contributed by atoms with van der Waals surface area (Å²) >= 11 is 12.4. The van der Waals surface area contributed by atoms with Gasteiger partial charge >= 0.3 is 0 Å². The lowest BCUT2D eigenvalue weighted by Crippen LogP contribution is -2.33. The number of hydrogen-bond donors (Lipinski definition) is 2. The molecule has 0 aliphatic carbocycles. The van der Waals surface area contributed by atoms with Crippen LogP contribution < -0.4 is 4.74 Å². The Morgan fingerprint density at radius 2 is 2.03 bits per heavy atom. The Morgan fingerprint density at radius 3 is 2.79 bits per heavy atom. The van der Waals surface area contributed by atoms with Crippen LogP contribution in [-0.2, 0) is 19.7 Å². The molecule has 3 aromatic heterocycles. The minimum atomic E-state index is 0.250. The van der Waals surface area contributed by atoms with Crippen molar-refractivity contribution >= 4 is 34.1 Å². The van der Waals surface area contributed by atoms with Crippen LogP contribution in [0.3, 0.4) is 0 Å². The number of aromatic amines is 2. The van der Waals surface area contributed by atoms with Crippen molar-refractivity contribution in [3.63, 3.8) is 0 Å². The van der Waals surface area contributed by atoms with E-state index in [1.54, 1.807) is 12.4 Å². The fourth-order valence-electron chi connectivity index (χ4n) is 4.73. The summed E-state index contributed by atoms with van der Waals surface area (Å²) in [5.74, 6) is 1.48. The molecule has 5 heterocycles. The van der Waals surface area contributed by atoms with Gasteiger partial charge in [0.2, 0.25) is 0 Å². The Kier molecular flexibility index (Phi) is 5.25. The Hall–Kier alpha value is -2.65. The Bertz CT molecular complexity index is 1290. The standard InChI is InChI=1S/C23H23Cl2N7O/c1-31-5-4-13(9-31)32-10-20-21(11-32)28-23(27-20)22-15-6-14(2-3-19(15)29-30-22)33-12-16-17(24)7-26-8-18(16)25/h2-3,6-8,13H,4-5,9-12H2,1H3,(H,27,28)(H,29,30). The summed E-state index contributed by atoms with van der Waals surface area (Å²) in [5.41, 5.74) is 4.72.